The fraction of sp³-hybridized carbons (Fsp3) is 0.636. The van der Waals surface area contributed by atoms with Gasteiger partial charge in [0, 0.05) is 13.1 Å². The summed E-state index contributed by atoms with van der Waals surface area (Å²) in [6.45, 7) is 4.42. The average Bonchev–Trinajstić information content (AvgIpc) is 2.29. The van der Waals surface area contributed by atoms with Crippen LogP contribution in [-0.2, 0) is 0 Å². The second kappa shape index (κ2) is 4.79. The van der Waals surface area contributed by atoms with Crippen molar-refractivity contribution in [1.82, 2.24) is 9.97 Å². The second-order valence-electron chi connectivity index (χ2n) is 4.04. The Bertz CT molecular complexity index is 321. The van der Waals surface area contributed by atoms with E-state index in [1.165, 1.54) is 19.3 Å². The van der Waals surface area contributed by atoms with Crippen LogP contribution in [0.1, 0.15) is 26.2 Å². The number of nitrogens with zero attached hydrogens (tertiary/aromatic N) is 3. The highest BCUT2D eigenvalue weighted by Gasteiger charge is 2.18. The molecule has 1 aromatic heterocycles. The summed E-state index contributed by atoms with van der Waals surface area (Å²) in [5.41, 5.74) is 0. The number of aromatic nitrogens is 2. The molecule has 82 valence electrons. The van der Waals surface area contributed by atoms with Gasteiger partial charge in [0.25, 0.3) is 0 Å². The summed E-state index contributed by atoms with van der Waals surface area (Å²) < 4.78 is 0. The van der Waals surface area contributed by atoms with Crippen LogP contribution < -0.4 is 4.90 Å². The van der Waals surface area contributed by atoms with E-state index in [-0.39, 0.29) is 0 Å². The standard InChI is InChI=1S/C11H16ClN3/c1-2-9-3-5-15(6-4-9)11-8-13-7-10(12)14-11/h7-9H,2-6H2,1H3. The van der Waals surface area contributed by atoms with Crippen molar-refractivity contribution in [1.29, 1.82) is 0 Å². The van der Waals surface area contributed by atoms with Crippen LogP contribution in [0.3, 0.4) is 0 Å². The predicted octanol–water partition coefficient (Wildman–Crippen LogP) is 2.76. The summed E-state index contributed by atoms with van der Waals surface area (Å²) in [6.07, 6.45) is 7.16. The number of halogens is 1. The molecule has 1 fully saturated rings. The first-order valence-electron chi connectivity index (χ1n) is 5.52. The van der Waals surface area contributed by atoms with E-state index in [4.69, 9.17) is 11.6 Å². The molecule has 0 atom stereocenters. The van der Waals surface area contributed by atoms with Gasteiger partial charge in [-0.25, -0.2) is 4.98 Å². The Morgan fingerprint density at radius 1 is 1.40 bits per heavy atom. The molecule has 1 aliphatic rings. The molecule has 0 N–H and O–H groups in total. The fourth-order valence-electron chi connectivity index (χ4n) is 2.06. The highest BCUT2D eigenvalue weighted by molar-refractivity contribution is 6.29. The third-order valence-corrected chi connectivity index (χ3v) is 3.29. The second-order valence-corrected chi connectivity index (χ2v) is 4.43. The maximum absolute atomic E-state index is 5.82. The summed E-state index contributed by atoms with van der Waals surface area (Å²) >= 11 is 5.82. The van der Waals surface area contributed by atoms with Gasteiger partial charge in [0.05, 0.1) is 12.4 Å². The lowest BCUT2D eigenvalue weighted by atomic mass is 9.94. The van der Waals surface area contributed by atoms with Crippen molar-refractivity contribution in [3.05, 3.63) is 17.5 Å². The molecule has 0 unspecified atom stereocenters. The lowest BCUT2D eigenvalue weighted by molar-refractivity contribution is 0.393. The fourth-order valence-corrected chi connectivity index (χ4v) is 2.20. The highest BCUT2D eigenvalue weighted by Crippen LogP contribution is 2.23. The third kappa shape index (κ3) is 2.59. The monoisotopic (exact) mass is 225 g/mol. The molecule has 1 aromatic rings. The number of hydrogen-bond donors (Lipinski definition) is 0. The largest absolute Gasteiger partial charge is 0.355 e. The van der Waals surface area contributed by atoms with Crippen LogP contribution in [0.4, 0.5) is 5.82 Å². The number of anilines is 1. The summed E-state index contributed by atoms with van der Waals surface area (Å²) in [7, 11) is 0. The van der Waals surface area contributed by atoms with Crippen molar-refractivity contribution in [2.75, 3.05) is 18.0 Å². The molecule has 2 heterocycles. The van der Waals surface area contributed by atoms with Gasteiger partial charge in [-0.1, -0.05) is 24.9 Å². The van der Waals surface area contributed by atoms with E-state index in [1.54, 1.807) is 12.4 Å². The Hall–Kier alpha value is -0.830. The molecule has 0 spiro atoms. The van der Waals surface area contributed by atoms with Gasteiger partial charge in [-0.15, -0.1) is 0 Å². The smallest absolute Gasteiger partial charge is 0.149 e. The van der Waals surface area contributed by atoms with E-state index in [0.717, 1.165) is 24.8 Å². The van der Waals surface area contributed by atoms with Gasteiger partial charge in [0.15, 0.2) is 0 Å². The van der Waals surface area contributed by atoms with Crippen LogP contribution >= 0.6 is 11.6 Å². The summed E-state index contributed by atoms with van der Waals surface area (Å²) in [5.74, 6) is 1.80. The molecule has 0 bridgehead atoms. The lowest BCUT2D eigenvalue weighted by Crippen LogP contribution is -2.34. The van der Waals surface area contributed by atoms with Crippen LogP contribution in [0, 0.1) is 5.92 Å². The minimum atomic E-state index is 0.477. The Kier molecular flexibility index (Phi) is 3.41. The van der Waals surface area contributed by atoms with E-state index in [9.17, 15) is 0 Å². The molecule has 15 heavy (non-hydrogen) atoms. The van der Waals surface area contributed by atoms with Gasteiger partial charge in [-0.3, -0.25) is 4.98 Å². The molecule has 3 nitrogen and oxygen atoms in total. The molecule has 4 heteroatoms. The van der Waals surface area contributed by atoms with Crippen molar-refractivity contribution in [3.63, 3.8) is 0 Å². The molecule has 0 amide bonds. The molecule has 0 saturated carbocycles. The van der Waals surface area contributed by atoms with Gasteiger partial charge in [-0.05, 0) is 18.8 Å². The molecule has 2 rings (SSSR count). The summed E-state index contributed by atoms with van der Waals surface area (Å²) in [4.78, 5) is 10.6. The zero-order valence-electron chi connectivity index (χ0n) is 8.99. The Labute approximate surface area is 95.5 Å². The van der Waals surface area contributed by atoms with E-state index in [2.05, 4.69) is 21.8 Å². The van der Waals surface area contributed by atoms with Crippen molar-refractivity contribution in [2.45, 2.75) is 26.2 Å². The van der Waals surface area contributed by atoms with Crippen molar-refractivity contribution >= 4 is 17.4 Å². The normalized spacial score (nSPS) is 18.1. The molecule has 0 aliphatic carbocycles. The van der Waals surface area contributed by atoms with Crippen LogP contribution in [0.15, 0.2) is 12.4 Å². The van der Waals surface area contributed by atoms with Crippen molar-refractivity contribution < 1.29 is 0 Å². The van der Waals surface area contributed by atoms with Crippen LogP contribution in [0.2, 0.25) is 5.15 Å². The van der Waals surface area contributed by atoms with E-state index < -0.39 is 0 Å². The van der Waals surface area contributed by atoms with E-state index >= 15 is 0 Å². The molecule has 1 aliphatic heterocycles. The molecule has 0 radical (unpaired) electrons. The first kappa shape index (κ1) is 10.7. The Balaban J connectivity index is 2.01. The van der Waals surface area contributed by atoms with Crippen molar-refractivity contribution in [2.24, 2.45) is 5.92 Å². The average molecular weight is 226 g/mol. The third-order valence-electron chi connectivity index (χ3n) is 3.11. The van der Waals surface area contributed by atoms with E-state index in [1.807, 2.05) is 0 Å². The first-order valence-corrected chi connectivity index (χ1v) is 5.90. The van der Waals surface area contributed by atoms with E-state index in [0.29, 0.717) is 5.15 Å². The maximum Gasteiger partial charge on any atom is 0.149 e. The van der Waals surface area contributed by atoms with Gasteiger partial charge in [0.2, 0.25) is 0 Å². The van der Waals surface area contributed by atoms with Gasteiger partial charge < -0.3 is 4.90 Å². The number of piperidine rings is 1. The minimum Gasteiger partial charge on any atom is -0.355 e. The first-order chi connectivity index (χ1) is 7.29. The van der Waals surface area contributed by atoms with Gasteiger partial charge in [-0.2, -0.15) is 0 Å². The van der Waals surface area contributed by atoms with Crippen LogP contribution in [0.25, 0.3) is 0 Å². The molecular formula is C11H16ClN3. The Morgan fingerprint density at radius 2 is 2.13 bits per heavy atom. The molecular weight excluding hydrogens is 210 g/mol. The topological polar surface area (TPSA) is 29.0 Å². The number of hydrogen-bond acceptors (Lipinski definition) is 3. The van der Waals surface area contributed by atoms with Gasteiger partial charge >= 0.3 is 0 Å². The quantitative estimate of drug-likeness (QED) is 0.775. The summed E-state index contributed by atoms with van der Waals surface area (Å²) in [6, 6.07) is 0. The zero-order chi connectivity index (χ0) is 10.7. The Morgan fingerprint density at radius 3 is 2.73 bits per heavy atom. The van der Waals surface area contributed by atoms with Gasteiger partial charge in [0.1, 0.15) is 11.0 Å². The SMILES string of the molecule is CCC1CCN(c2cncc(Cl)n2)CC1. The highest BCUT2D eigenvalue weighted by atomic mass is 35.5. The summed E-state index contributed by atoms with van der Waals surface area (Å²) in [5, 5.41) is 0.477. The maximum atomic E-state index is 5.82. The van der Waals surface area contributed by atoms with Crippen LogP contribution in [-0.4, -0.2) is 23.1 Å². The van der Waals surface area contributed by atoms with Crippen LogP contribution in [0.5, 0.6) is 0 Å². The number of rotatable bonds is 2. The molecule has 1 saturated heterocycles. The minimum absolute atomic E-state index is 0.477. The zero-order valence-corrected chi connectivity index (χ0v) is 9.74. The van der Waals surface area contributed by atoms with Crippen molar-refractivity contribution in [3.8, 4) is 0 Å². The lowest BCUT2D eigenvalue weighted by Gasteiger charge is -2.32. The molecule has 0 aromatic carbocycles. The predicted molar refractivity (Wildman–Crippen MR) is 62.3 cm³/mol.